The SMILES string of the molecule is Cc1nc(C=C(Cl)C2CC3(CC4CO4)OC3(C)CCCC(C)CCC(=O)C(C)(C)CCC(=O)N2)cs1. The standard InChI is InChI=1S/C28H41ClN2O4S/c1-18-7-6-11-27(5)28(35-27,14-21-16-34-21)15-23(22(29)13-20-17-36-19(2)30-20)31-25(33)10-12-26(3,4)24(32)9-8-18/h13,17-18,21,23H,6-12,14-16H2,1-5H3,(H,31,33). The normalized spacial score (nSPS) is 36.2. The van der Waals surface area contributed by atoms with Crippen molar-refractivity contribution in [1.82, 2.24) is 10.3 Å². The van der Waals surface area contributed by atoms with E-state index in [0.29, 0.717) is 30.2 Å². The van der Waals surface area contributed by atoms with E-state index in [4.69, 9.17) is 21.1 Å². The van der Waals surface area contributed by atoms with E-state index in [1.54, 1.807) is 11.3 Å². The molecule has 0 saturated carbocycles. The minimum atomic E-state index is -0.524. The van der Waals surface area contributed by atoms with Crippen molar-refractivity contribution in [2.75, 3.05) is 6.61 Å². The average Bonchev–Trinajstić information content (AvgIpc) is 3.67. The quantitative estimate of drug-likeness (QED) is 0.463. The van der Waals surface area contributed by atoms with Gasteiger partial charge in [0.15, 0.2) is 0 Å². The van der Waals surface area contributed by atoms with Crippen LogP contribution in [0.25, 0.3) is 6.08 Å². The number of ether oxygens (including phenoxy) is 2. The number of halogens is 1. The molecule has 1 N–H and O–H groups in total. The van der Waals surface area contributed by atoms with Gasteiger partial charge in [-0.1, -0.05) is 45.2 Å². The zero-order valence-corrected chi connectivity index (χ0v) is 23.9. The number of rotatable bonds is 4. The molecule has 0 spiro atoms. The van der Waals surface area contributed by atoms with Crippen molar-refractivity contribution in [1.29, 1.82) is 0 Å². The van der Waals surface area contributed by atoms with Crippen molar-refractivity contribution in [3.05, 3.63) is 21.1 Å². The number of hydrogen-bond acceptors (Lipinski definition) is 6. The Morgan fingerprint density at radius 1 is 1.25 bits per heavy atom. The highest BCUT2D eigenvalue weighted by Crippen LogP contribution is 2.58. The molecule has 0 bridgehead atoms. The van der Waals surface area contributed by atoms with Gasteiger partial charge in [-0.3, -0.25) is 9.59 Å². The molecule has 1 aromatic rings. The Hall–Kier alpha value is -1.28. The van der Waals surface area contributed by atoms with Crippen LogP contribution in [0.2, 0.25) is 0 Å². The van der Waals surface area contributed by atoms with E-state index in [1.807, 2.05) is 32.2 Å². The lowest BCUT2D eigenvalue weighted by molar-refractivity contribution is -0.128. The van der Waals surface area contributed by atoms with Crippen LogP contribution < -0.4 is 5.32 Å². The number of aryl methyl sites for hydroxylation is 1. The van der Waals surface area contributed by atoms with Crippen LogP contribution in [-0.4, -0.2) is 46.6 Å². The fraction of sp³-hybridized carbons (Fsp3) is 0.750. The average molecular weight is 537 g/mol. The number of nitrogens with one attached hydrogen (secondary N) is 1. The highest BCUT2D eigenvalue weighted by atomic mass is 35.5. The summed E-state index contributed by atoms with van der Waals surface area (Å²) in [5, 5.41) is 6.67. The fourth-order valence-electron chi connectivity index (χ4n) is 5.55. The molecule has 1 aromatic heterocycles. The van der Waals surface area contributed by atoms with Crippen LogP contribution in [-0.2, 0) is 19.1 Å². The number of aromatic nitrogens is 1. The van der Waals surface area contributed by atoms with Crippen molar-refractivity contribution < 1.29 is 19.1 Å². The van der Waals surface area contributed by atoms with E-state index in [-0.39, 0.29) is 35.4 Å². The van der Waals surface area contributed by atoms with Crippen molar-refractivity contribution in [3.8, 4) is 0 Å². The number of Topliss-reactive ketones (excluding diaryl/α,β-unsaturated/α-hetero) is 1. The number of hydrogen-bond donors (Lipinski definition) is 1. The Bertz CT molecular complexity index is 1000. The lowest BCUT2D eigenvalue weighted by atomic mass is 9.79. The minimum absolute atomic E-state index is 0.0949. The van der Waals surface area contributed by atoms with Crippen LogP contribution >= 0.6 is 22.9 Å². The first-order chi connectivity index (χ1) is 16.9. The van der Waals surface area contributed by atoms with Crippen LogP contribution in [0.1, 0.15) is 96.2 Å². The van der Waals surface area contributed by atoms with E-state index in [2.05, 4.69) is 24.1 Å². The Morgan fingerprint density at radius 3 is 2.67 bits per heavy atom. The molecule has 8 heteroatoms. The smallest absolute Gasteiger partial charge is 0.220 e. The summed E-state index contributed by atoms with van der Waals surface area (Å²) < 4.78 is 12.1. The molecule has 3 aliphatic rings. The topological polar surface area (TPSA) is 84.1 Å². The molecule has 4 rings (SSSR count). The van der Waals surface area contributed by atoms with Crippen molar-refractivity contribution in [3.63, 3.8) is 0 Å². The molecule has 0 radical (unpaired) electrons. The van der Waals surface area contributed by atoms with E-state index in [1.165, 1.54) is 0 Å². The van der Waals surface area contributed by atoms with Gasteiger partial charge in [-0.2, -0.15) is 0 Å². The van der Waals surface area contributed by atoms with E-state index in [0.717, 1.165) is 49.4 Å². The molecule has 0 aliphatic carbocycles. The Morgan fingerprint density at radius 2 is 2.00 bits per heavy atom. The second-order valence-corrected chi connectivity index (χ2v) is 13.5. The molecule has 36 heavy (non-hydrogen) atoms. The van der Waals surface area contributed by atoms with E-state index >= 15 is 0 Å². The summed E-state index contributed by atoms with van der Waals surface area (Å²) in [7, 11) is 0. The monoisotopic (exact) mass is 536 g/mol. The summed E-state index contributed by atoms with van der Waals surface area (Å²) in [6.07, 6.45) is 8.78. The summed E-state index contributed by atoms with van der Waals surface area (Å²) in [5.41, 5.74) is -0.383. The largest absolute Gasteiger partial charge is 0.373 e. The Kier molecular flexibility index (Phi) is 8.35. The number of carbonyl (C=O) groups excluding carboxylic acids is 2. The lowest BCUT2D eigenvalue weighted by Crippen LogP contribution is -2.41. The van der Waals surface area contributed by atoms with Crippen LogP contribution in [0.4, 0.5) is 0 Å². The molecule has 3 saturated heterocycles. The van der Waals surface area contributed by atoms with Gasteiger partial charge in [-0.25, -0.2) is 4.98 Å². The predicted octanol–water partition coefficient (Wildman–Crippen LogP) is 6.20. The fourth-order valence-corrected chi connectivity index (χ4v) is 6.37. The second-order valence-electron chi connectivity index (χ2n) is 12.0. The summed E-state index contributed by atoms with van der Waals surface area (Å²) in [4.78, 5) is 30.6. The summed E-state index contributed by atoms with van der Waals surface area (Å²) in [5.74, 6) is 0.627. The van der Waals surface area contributed by atoms with Gasteiger partial charge in [0.05, 0.1) is 35.1 Å². The molecule has 200 valence electrons. The number of ketones is 1. The third-order valence-corrected chi connectivity index (χ3v) is 9.54. The maximum Gasteiger partial charge on any atom is 0.220 e. The maximum absolute atomic E-state index is 13.1. The zero-order chi connectivity index (χ0) is 26.1. The van der Waals surface area contributed by atoms with Gasteiger partial charge in [0.2, 0.25) is 5.91 Å². The molecule has 0 aromatic carbocycles. The molecule has 1 amide bonds. The van der Waals surface area contributed by atoms with Gasteiger partial charge in [-0.15, -0.1) is 11.3 Å². The van der Waals surface area contributed by atoms with E-state index < -0.39 is 11.5 Å². The summed E-state index contributed by atoms with van der Waals surface area (Å²) in [6, 6.07) is -0.396. The lowest BCUT2D eigenvalue weighted by Gasteiger charge is -2.27. The highest BCUT2D eigenvalue weighted by molar-refractivity contribution is 7.09. The number of fused-ring (bicyclic) bond motifs is 1. The number of amides is 1. The van der Waals surface area contributed by atoms with Crippen molar-refractivity contribution in [2.45, 2.75) is 116 Å². The van der Waals surface area contributed by atoms with Gasteiger partial charge in [0.25, 0.3) is 0 Å². The third kappa shape index (κ3) is 6.77. The number of thiazole rings is 1. The van der Waals surface area contributed by atoms with Crippen LogP contribution in [0.15, 0.2) is 10.4 Å². The van der Waals surface area contributed by atoms with Crippen LogP contribution in [0.5, 0.6) is 0 Å². The van der Waals surface area contributed by atoms with Crippen LogP contribution in [0.3, 0.4) is 0 Å². The molecule has 6 nitrogen and oxygen atoms in total. The Labute approximate surface area is 224 Å². The number of nitrogens with zero attached hydrogens (tertiary/aromatic N) is 1. The summed E-state index contributed by atoms with van der Waals surface area (Å²) >= 11 is 8.45. The Balaban J connectivity index is 1.59. The first-order valence-corrected chi connectivity index (χ1v) is 14.6. The molecular formula is C28H41ClN2O4S. The van der Waals surface area contributed by atoms with E-state index in [9.17, 15) is 9.59 Å². The van der Waals surface area contributed by atoms with Crippen molar-refractivity contribution in [2.24, 2.45) is 11.3 Å². The van der Waals surface area contributed by atoms with Crippen LogP contribution in [0, 0.1) is 18.3 Å². The van der Waals surface area contributed by atoms with Gasteiger partial charge >= 0.3 is 0 Å². The number of epoxide rings is 2. The predicted molar refractivity (Wildman–Crippen MR) is 144 cm³/mol. The number of carbonyl (C=O) groups is 2. The molecule has 5 unspecified atom stereocenters. The summed E-state index contributed by atoms with van der Waals surface area (Å²) in [6.45, 7) is 11.1. The first-order valence-electron chi connectivity index (χ1n) is 13.4. The van der Waals surface area contributed by atoms with Gasteiger partial charge < -0.3 is 14.8 Å². The van der Waals surface area contributed by atoms with Gasteiger partial charge in [-0.05, 0) is 45.1 Å². The van der Waals surface area contributed by atoms with Crippen molar-refractivity contribution >= 4 is 40.7 Å². The molecule has 4 heterocycles. The minimum Gasteiger partial charge on any atom is -0.373 e. The molecule has 3 fully saturated rings. The molecular weight excluding hydrogens is 496 g/mol. The molecule has 5 atom stereocenters. The molecule has 3 aliphatic heterocycles. The third-order valence-electron chi connectivity index (χ3n) is 8.37. The first kappa shape index (κ1) is 27.7. The highest BCUT2D eigenvalue weighted by Gasteiger charge is 2.67. The maximum atomic E-state index is 13.1. The zero-order valence-electron chi connectivity index (χ0n) is 22.3. The van der Waals surface area contributed by atoms with Gasteiger partial charge in [0.1, 0.15) is 11.4 Å². The van der Waals surface area contributed by atoms with Gasteiger partial charge in [0, 0.05) is 41.5 Å². The second kappa shape index (κ2) is 10.8.